The molecule has 0 radical (unpaired) electrons. The molecule has 0 amide bonds. The fourth-order valence-corrected chi connectivity index (χ4v) is 1.44. The van der Waals surface area contributed by atoms with Crippen LogP contribution in [0.2, 0.25) is 0 Å². The SMILES string of the molecule is C=C(C)C(=O)OC(CC)CC(F)S(=O)(=O)OF. The Balaban J connectivity index is 4.52. The Hall–Kier alpha value is -1.02. The van der Waals surface area contributed by atoms with Crippen LogP contribution >= 0.6 is 0 Å². The van der Waals surface area contributed by atoms with Crippen molar-refractivity contribution in [3.63, 3.8) is 0 Å². The standard InChI is InChI=1S/C9H14F2O5S/c1-4-7(15-9(12)6(2)3)5-8(10)17(13,14)16-11/h7-8H,2,4-5H2,1,3H3. The fourth-order valence-electron chi connectivity index (χ4n) is 0.914. The van der Waals surface area contributed by atoms with Crippen molar-refractivity contribution >= 4 is 16.1 Å². The van der Waals surface area contributed by atoms with E-state index >= 15 is 0 Å². The summed E-state index contributed by atoms with van der Waals surface area (Å²) in [5.41, 5.74) is -2.49. The molecular formula is C9H14F2O5S. The first kappa shape index (κ1) is 16.0. The van der Waals surface area contributed by atoms with Crippen LogP contribution in [0, 0.1) is 0 Å². The highest BCUT2D eigenvalue weighted by Gasteiger charge is 2.31. The topological polar surface area (TPSA) is 69.7 Å². The second-order valence-corrected chi connectivity index (χ2v) is 5.04. The first-order valence-electron chi connectivity index (χ1n) is 4.79. The van der Waals surface area contributed by atoms with Crippen molar-refractivity contribution in [1.82, 2.24) is 0 Å². The molecule has 0 bridgehead atoms. The number of hydrogen-bond acceptors (Lipinski definition) is 5. The van der Waals surface area contributed by atoms with Crippen molar-refractivity contribution in [1.29, 1.82) is 0 Å². The molecule has 17 heavy (non-hydrogen) atoms. The van der Waals surface area contributed by atoms with Crippen molar-refractivity contribution in [3.8, 4) is 0 Å². The summed E-state index contributed by atoms with van der Waals surface area (Å²) in [6.45, 7) is 6.27. The van der Waals surface area contributed by atoms with E-state index < -0.39 is 34.1 Å². The van der Waals surface area contributed by atoms with Gasteiger partial charge in [-0.1, -0.05) is 17.9 Å². The summed E-state index contributed by atoms with van der Waals surface area (Å²) < 4.78 is 53.2. The molecule has 0 rings (SSSR count). The maximum Gasteiger partial charge on any atom is 0.333 e. The van der Waals surface area contributed by atoms with Gasteiger partial charge in [-0.3, -0.25) is 0 Å². The second-order valence-electron chi connectivity index (χ2n) is 3.42. The lowest BCUT2D eigenvalue weighted by Crippen LogP contribution is -2.26. The summed E-state index contributed by atoms with van der Waals surface area (Å²) in [6.07, 6.45) is -1.50. The molecule has 0 heterocycles. The second kappa shape index (κ2) is 6.65. The Morgan fingerprint density at radius 2 is 2.00 bits per heavy atom. The molecule has 0 saturated carbocycles. The molecule has 0 aliphatic carbocycles. The van der Waals surface area contributed by atoms with Crippen molar-refractivity contribution in [2.75, 3.05) is 0 Å². The lowest BCUT2D eigenvalue weighted by molar-refractivity contribution is -0.145. The van der Waals surface area contributed by atoms with Gasteiger partial charge < -0.3 is 4.74 Å². The Morgan fingerprint density at radius 3 is 2.35 bits per heavy atom. The zero-order valence-electron chi connectivity index (χ0n) is 9.48. The summed E-state index contributed by atoms with van der Waals surface area (Å²) in [4.78, 5) is 11.1. The Kier molecular flexibility index (Phi) is 6.25. The number of halogens is 2. The molecule has 0 saturated heterocycles. The third kappa shape index (κ3) is 5.22. The molecule has 0 fully saturated rings. The zero-order chi connectivity index (χ0) is 13.6. The third-order valence-corrected chi connectivity index (χ3v) is 2.92. The Bertz CT molecular complexity index is 379. The molecule has 2 unspecified atom stereocenters. The van der Waals surface area contributed by atoms with Crippen molar-refractivity contribution in [2.24, 2.45) is 0 Å². The normalized spacial score (nSPS) is 15.1. The fraction of sp³-hybridized carbons (Fsp3) is 0.667. The van der Waals surface area contributed by atoms with Crippen LogP contribution in [0.3, 0.4) is 0 Å². The zero-order valence-corrected chi connectivity index (χ0v) is 10.3. The van der Waals surface area contributed by atoms with Crippen LogP contribution in [0.1, 0.15) is 26.7 Å². The van der Waals surface area contributed by atoms with Crippen LogP contribution in [0.15, 0.2) is 12.2 Å². The van der Waals surface area contributed by atoms with E-state index in [4.69, 9.17) is 4.74 Å². The summed E-state index contributed by atoms with van der Waals surface area (Å²) in [6, 6.07) is 0. The van der Waals surface area contributed by atoms with E-state index in [0.29, 0.717) is 0 Å². The van der Waals surface area contributed by atoms with Gasteiger partial charge in [0.05, 0.1) is 0 Å². The number of carbonyl (C=O) groups excluding carboxylic acids is 1. The minimum absolute atomic E-state index is 0.100. The van der Waals surface area contributed by atoms with Gasteiger partial charge in [-0.25, -0.2) is 9.18 Å². The Morgan fingerprint density at radius 1 is 1.47 bits per heavy atom. The maximum atomic E-state index is 13.1. The number of ether oxygens (including phenoxy) is 1. The minimum atomic E-state index is -4.91. The minimum Gasteiger partial charge on any atom is -0.459 e. The van der Waals surface area contributed by atoms with Crippen LogP contribution in [-0.4, -0.2) is 26.0 Å². The third-order valence-electron chi connectivity index (χ3n) is 1.93. The molecule has 5 nitrogen and oxygen atoms in total. The van der Waals surface area contributed by atoms with Gasteiger partial charge in [0.1, 0.15) is 6.10 Å². The van der Waals surface area contributed by atoms with E-state index in [9.17, 15) is 22.1 Å². The van der Waals surface area contributed by atoms with Gasteiger partial charge in [0.2, 0.25) is 5.50 Å². The van der Waals surface area contributed by atoms with E-state index in [0.717, 1.165) is 0 Å². The van der Waals surface area contributed by atoms with E-state index in [1.807, 2.05) is 0 Å². The van der Waals surface area contributed by atoms with Gasteiger partial charge >= 0.3 is 16.1 Å². The summed E-state index contributed by atoms with van der Waals surface area (Å²) in [5, 5.41) is 0. The monoisotopic (exact) mass is 272 g/mol. The molecule has 0 aromatic rings. The van der Waals surface area contributed by atoms with E-state index in [2.05, 4.69) is 11.0 Å². The van der Waals surface area contributed by atoms with Crippen LogP contribution in [-0.2, 0) is 24.0 Å². The van der Waals surface area contributed by atoms with Crippen molar-refractivity contribution in [2.45, 2.75) is 38.3 Å². The number of hydrogen-bond donors (Lipinski definition) is 0. The molecule has 0 aliphatic heterocycles. The summed E-state index contributed by atoms with van der Waals surface area (Å²) in [7, 11) is -4.91. The molecular weight excluding hydrogens is 258 g/mol. The van der Waals surface area contributed by atoms with Crippen LogP contribution in [0.5, 0.6) is 0 Å². The summed E-state index contributed by atoms with van der Waals surface area (Å²) >= 11 is 0. The predicted octanol–water partition coefficient (Wildman–Crippen LogP) is 1.80. The maximum absolute atomic E-state index is 13.1. The molecule has 0 aromatic heterocycles. The van der Waals surface area contributed by atoms with Gasteiger partial charge in [-0.15, -0.1) is 0 Å². The smallest absolute Gasteiger partial charge is 0.333 e. The lowest BCUT2D eigenvalue weighted by Gasteiger charge is -2.17. The molecule has 2 atom stereocenters. The van der Waals surface area contributed by atoms with Gasteiger partial charge in [0, 0.05) is 12.0 Å². The first-order chi connectivity index (χ1) is 7.74. The number of esters is 1. The van der Waals surface area contributed by atoms with Gasteiger partial charge in [0.25, 0.3) is 0 Å². The molecule has 0 aromatic carbocycles. The van der Waals surface area contributed by atoms with Gasteiger partial charge in [0.15, 0.2) is 0 Å². The van der Waals surface area contributed by atoms with E-state index in [1.54, 1.807) is 6.92 Å². The molecule has 0 aliphatic rings. The average molecular weight is 272 g/mol. The first-order valence-corrected chi connectivity index (χ1v) is 6.26. The predicted molar refractivity (Wildman–Crippen MR) is 55.6 cm³/mol. The highest BCUT2D eigenvalue weighted by atomic mass is 32.2. The van der Waals surface area contributed by atoms with Crippen LogP contribution < -0.4 is 0 Å². The lowest BCUT2D eigenvalue weighted by atomic mass is 10.2. The van der Waals surface area contributed by atoms with Crippen LogP contribution in [0.4, 0.5) is 8.92 Å². The molecule has 0 N–H and O–H groups in total. The van der Waals surface area contributed by atoms with Crippen molar-refractivity contribution in [3.05, 3.63) is 12.2 Å². The Labute approximate surface area is 98.4 Å². The summed E-state index contributed by atoms with van der Waals surface area (Å²) in [5.74, 6) is -0.761. The number of rotatable bonds is 7. The van der Waals surface area contributed by atoms with E-state index in [1.165, 1.54) is 6.92 Å². The van der Waals surface area contributed by atoms with E-state index in [-0.39, 0.29) is 12.0 Å². The van der Waals surface area contributed by atoms with Gasteiger partial charge in [-0.05, 0) is 17.9 Å². The van der Waals surface area contributed by atoms with Crippen LogP contribution in [0.25, 0.3) is 0 Å². The van der Waals surface area contributed by atoms with Gasteiger partial charge in [-0.2, -0.15) is 8.42 Å². The van der Waals surface area contributed by atoms with Crippen molar-refractivity contribution < 1.29 is 31.3 Å². The molecule has 0 spiro atoms. The highest BCUT2D eigenvalue weighted by Crippen LogP contribution is 2.17. The quantitative estimate of drug-likeness (QED) is 0.522. The highest BCUT2D eigenvalue weighted by molar-refractivity contribution is 7.87. The molecule has 100 valence electrons. The molecule has 8 heteroatoms. The largest absolute Gasteiger partial charge is 0.459 e. The number of carbonyl (C=O) groups is 1. The number of alkyl halides is 1. The average Bonchev–Trinajstić information content (AvgIpc) is 2.27.